The lowest BCUT2D eigenvalue weighted by Gasteiger charge is -2.24. The number of carbonyl (C=O) groups excluding carboxylic acids is 2. The van der Waals surface area contributed by atoms with Crippen molar-refractivity contribution in [1.29, 1.82) is 0 Å². The number of amides is 2. The number of carbonyl (C=O) groups is 2. The second-order valence-corrected chi connectivity index (χ2v) is 7.39. The van der Waals surface area contributed by atoms with Gasteiger partial charge in [0.15, 0.2) is 0 Å². The Kier molecular flexibility index (Phi) is 8.80. The Bertz CT molecular complexity index is 789. The molecule has 29 heavy (non-hydrogen) atoms. The van der Waals surface area contributed by atoms with Crippen LogP contribution in [0.25, 0.3) is 0 Å². The van der Waals surface area contributed by atoms with Gasteiger partial charge < -0.3 is 15.0 Å². The van der Waals surface area contributed by atoms with Crippen LogP contribution >= 0.6 is 0 Å². The number of rotatable bonds is 10. The molecule has 5 nitrogen and oxygen atoms in total. The lowest BCUT2D eigenvalue weighted by atomic mass is 10.1. The summed E-state index contributed by atoms with van der Waals surface area (Å²) < 4.78 is 18.1. The zero-order valence-corrected chi connectivity index (χ0v) is 17.3. The minimum atomic E-state index is -0.304. The third-order valence-electron chi connectivity index (χ3n) is 4.38. The van der Waals surface area contributed by atoms with E-state index in [1.165, 1.54) is 12.1 Å². The molecule has 0 bridgehead atoms. The lowest BCUT2D eigenvalue weighted by Crippen LogP contribution is -2.31. The maximum absolute atomic E-state index is 13.2. The minimum absolute atomic E-state index is 0.00869. The van der Waals surface area contributed by atoms with Crippen LogP contribution in [0.15, 0.2) is 48.5 Å². The van der Waals surface area contributed by atoms with Crippen molar-refractivity contribution in [2.45, 2.75) is 33.2 Å². The standard InChI is InChI=1S/C23H29FN2O3/c1-17(2)14-23(28)26(16-19-4-8-20(24)9-5-19)21-10-6-18(7-11-21)15-22(27)25-12-13-29-3/h4-11,17H,12-16H2,1-3H3,(H,25,27). The molecule has 0 atom stereocenters. The molecule has 0 heterocycles. The number of methoxy groups -OCH3 is 1. The van der Waals surface area contributed by atoms with Crippen LogP contribution in [0.4, 0.5) is 10.1 Å². The normalized spacial score (nSPS) is 10.8. The predicted molar refractivity (Wildman–Crippen MR) is 112 cm³/mol. The molecule has 0 unspecified atom stereocenters. The van der Waals surface area contributed by atoms with E-state index in [9.17, 15) is 14.0 Å². The number of halogens is 1. The summed E-state index contributed by atoms with van der Waals surface area (Å²) in [7, 11) is 1.59. The van der Waals surface area contributed by atoms with Gasteiger partial charge in [0.05, 0.1) is 19.6 Å². The van der Waals surface area contributed by atoms with Gasteiger partial charge in [0.1, 0.15) is 5.82 Å². The smallest absolute Gasteiger partial charge is 0.227 e. The second kappa shape index (κ2) is 11.3. The average Bonchev–Trinajstić information content (AvgIpc) is 2.68. The molecule has 0 radical (unpaired) electrons. The zero-order valence-electron chi connectivity index (χ0n) is 17.3. The first-order valence-corrected chi connectivity index (χ1v) is 9.78. The predicted octanol–water partition coefficient (Wildman–Crippen LogP) is 3.71. The Morgan fingerprint density at radius 3 is 2.24 bits per heavy atom. The number of hydrogen-bond donors (Lipinski definition) is 1. The maximum Gasteiger partial charge on any atom is 0.227 e. The van der Waals surface area contributed by atoms with Gasteiger partial charge >= 0.3 is 0 Å². The average molecular weight is 400 g/mol. The summed E-state index contributed by atoms with van der Waals surface area (Å²) in [6.07, 6.45) is 0.687. The highest BCUT2D eigenvalue weighted by Crippen LogP contribution is 2.21. The molecule has 0 saturated heterocycles. The molecular weight excluding hydrogens is 371 g/mol. The maximum atomic E-state index is 13.2. The third-order valence-corrected chi connectivity index (χ3v) is 4.38. The highest BCUT2D eigenvalue weighted by molar-refractivity contribution is 5.93. The summed E-state index contributed by atoms with van der Waals surface area (Å²) in [6, 6.07) is 13.6. The van der Waals surface area contributed by atoms with Crippen LogP contribution < -0.4 is 10.2 Å². The van der Waals surface area contributed by atoms with Crippen molar-refractivity contribution < 1.29 is 18.7 Å². The van der Waals surface area contributed by atoms with E-state index in [-0.39, 0.29) is 30.0 Å². The van der Waals surface area contributed by atoms with E-state index in [2.05, 4.69) is 5.32 Å². The second-order valence-electron chi connectivity index (χ2n) is 7.39. The fraction of sp³-hybridized carbons (Fsp3) is 0.391. The van der Waals surface area contributed by atoms with E-state index in [0.717, 1.165) is 16.8 Å². The van der Waals surface area contributed by atoms with Crippen LogP contribution in [0.1, 0.15) is 31.4 Å². The molecule has 2 aromatic carbocycles. The molecule has 2 rings (SSSR count). The van der Waals surface area contributed by atoms with Crippen molar-refractivity contribution in [1.82, 2.24) is 5.32 Å². The Hall–Kier alpha value is -2.73. The van der Waals surface area contributed by atoms with Crippen LogP contribution in [0.2, 0.25) is 0 Å². The number of benzene rings is 2. The van der Waals surface area contributed by atoms with Crippen molar-refractivity contribution >= 4 is 17.5 Å². The highest BCUT2D eigenvalue weighted by atomic mass is 19.1. The van der Waals surface area contributed by atoms with Gasteiger partial charge in [-0.05, 0) is 41.3 Å². The van der Waals surface area contributed by atoms with Gasteiger partial charge in [0.2, 0.25) is 11.8 Å². The van der Waals surface area contributed by atoms with Gasteiger partial charge in [-0.1, -0.05) is 38.1 Å². The van der Waals surface area contributed by atoms with Gasteiger partial charge in [-0.15, -0.1) is 0 Å². The molecule has 156 valence electrons. The molecule has 1 N–H and O–H groups in total. The SMILES string of the molecule is COCCNC(=O)Cc1ccc(N(Cc2ccc(F)cc2)C(=O)CC(C)C)cc1. The zero-order chi connectivity index (χ0) is 21.2. The third kappa shape index (κ3) is 7.66. The number of nitrogens with zero attached hydrogens (tertiary/aromatic N) is 1. The Morgan fingerprint density at radius 1 is 1.03 bits per heavy atom. The molecule has 0 spiro atoms. The van der Waals surface area contributed by atoms with E-state index in [4.69, 9.17) is 4.74 Å². The fourth-order valence-corrected chi connectivity index (χ4v) is 2.89. The van der Waals surface area contributed by atoms with Gasteiger partial charge in [-0.25, -0.2) is 4.39 Å². The summed E-state index contributed by atoms with van der Waals surface area (Å²) in [4.78, 5) is 26.5. The monoisotopic (exact) mass is 400 g/mol. The number of ether oxygens (including phenoxy) is 1. The summed E-state index contributed by atoms with van der Waals surface area (Å²) in [5.41, 5.74) is 2.47. The van der Waals surface area contributed by atoms with Crippen molar-refractivity contribution in [3.63, 3.8) is 0 Å². The molecule has 0 aliphatic heterocycles. The van der Waals surface area contributed by atoms with Crippen LogP contribution in [-0.4, -0.2) is 32.1 Å². The van der Waals surface area contributed by atoms with Gasteiger partial charge in [0, 0.05) is 25.8 Å². The van der Waals surface area contributed by atoms with Crippen LogP contribution in [0, 0.1) is 11.7 Å². The number of nitrogens with one attached hydrogen (secondary N) is 1. The first kappa shape index (κ1) is 22.6. The van der Waals surface area contributed by atoms with Gasteiger partial charge in [0.25, 0.3) is 0 Å². The van der Waals surface area contributed by atoms with Crippen molar-refractivity contribution in [2.24, 2.45) is 5.92 Å². The van der Waals surface area contributed by atoms with Crippen molar-refractivity contribution in [3.8, 4) is 0 Å². The number of anilines is 1. The summed E-state index contributed by atoms with van der Waals surface area (Å²) in [5.74, 6) is -0.140. The Balaban J connectivity index is 2.11. The molecule has 2 aromatic rings. The van der Waals surface area contributed by atoms with Crippen molar-refractivity contribution in [2.75, 3.05) is 25.2 Å². The van der Waals surface area contributed by atoms with E-state index in [1.807, 2.05) is 38.1 Å². The quantitative estimate of drug-likeness (QED) is 0.619. The molecule has 0 aromatic heterocycles. The Labute approximate surface area is 171 Å². The molecule has 0 saturated carbocycles. The van der Waals surface area contributed by atoms with Crippen LogP contribution in [-0.2, 0) is 27.3 Å². The van der Waals surface area contributed by atoms with E-state index < -0.39 is 0 Å². The Morgan fingerprint density at radius 2 is 1.66 bits per heavy atom. The molecular formula is C23H29FN2O3. The van der Waals surface area contributed by atoms with Gasteiger partial charge in [-0.2, -0.15) is 0 Å². The first-order chi connectivity index (χ1) is 13.9. The molecule has 0 aliphatic carbocycles. The summed E-state index contributed by atoms with van der Waals surface area (Å²) >= 11 is 0. The number of hydrogen-bond acceptors (Lipinski definition) is 3. The molecule has 6 heteroatoms. The topological polar surface area (TPSA) is 58.6 Å². The lowest BCUT2D eigenvalue weighted by molar-refractivity contribution is -0.121. The van der Waals surface area contributed by atoms with Gasteiger partial charge in [-0.3, -0.25) is 9.59 Å². The van der Waals surface area contributed by atoms with Crippen LogP contribution in [0.3, 0.4) is 0 Å². The molecule has 0 aliphatic rings. The van der Waals surface area contributed by atoms with E-state index >= 15 is 0 Å². The largest absolute Gasteiger partial charge is 0.383 e. The molecule has 2 amide bonds. The van der Waals surface area contributed by atoms with Crippen molar-refractivity contribution in [3.05, 3.63) is 65.5 Å². The first-order valence-electron chi connectivity index (χ1n) is 9.78. The summed E-state index contributed by atoms with van der Waals surface area (Å²) in [5, 5.41) is 2.79. The van der Waals surface area contributed by atoms with E-state index in [0.29, 0.717) is 26.1 Å². The van der Waals surface area contributed by atoms with Crippen LogP contribution in [0.5, 0.6) is 0 Å². The molecule has 0 fully saturated rings. The fourth-order valence-electron chi connectivity index (χ4n) is 2.89. The van der Waals surface area contributed by atoms with E-state index in [1.54, 1.807) is 24.1 Å². The minimum Gasteiger partial charge on any atom is -0.383 e. The highest BCUT2D eigenvalue weighted by Gasteiger charge is 2.18. The summed E-state index contributed by atoms with van der Waals surface area (Å²) in [6.45, 7) is 5.31.